The number of fused-ring (bicyclic) bond motifs is 1. The highest BCUT2D eigenvalue weighted by atomic mass is 16.3. The van der Waals surface area contributed by atoms with Crippen molar-refractivity contribution in [2.75, 3.05) is 13.6 Å². The van der Waals surface area contributed by atoms with Crippen LogP contribution < -0.4 is 0 Å². The van der Waals surface area contributed by atoms with Gasteiger partial charge in [-0.15, -0.1) is 0 Å². The summed E-state index contributed by atoms with van der Waals surface area (Å²) in [5.74, 6) is 0.327. The van der Waals surface area contributed by atoms with Crippen molar-refractivity contribution < 1.29 is 10.2 Å². The maximum atomic E-state index is 9.84. The van der Waals surface area contributed by atoms with Gasteiger partial charge in [-0.3, -0.25) is 4.90 Å². The van der Waals surface area contributed by atoms with E-state index < -0.39 is 6.10 Å². The Bertz CT molecular complexity index is 363. The van der Waals surface area contributed by atoms with Gasteiger partial charge >= 0.3 is 0 Å². The maximum absolute atomic E-state index is 9.84. The average molecular weight is 193 g/mol. The number of aliphatic hydroxyl groups is 1. The molecule has 0 bridgehead atoms. The lowest BCUT2D eigenvalue weighted by Crippen LogP contribution is -2.30. The molecule has 14 heavy (non-hydrogen) atoms. The quantitative estimate of drug-likeness (QED) is 0.650. The van der Waals surface area contributed by atoms with Crippen LogP contribution in [0.4, 0.5) is 0 Å². The smallest absolute Gasteiger partial charge is 0.123 e. The van der Waals surface area contributed by atoms with E-state index in [9.17, 15) is 10.2 Å². The number of benzene rings is 1. The molecule has 1 aliphatic rings. The Kier molecular flexibility index (Phi) is 2.21. The molecular formula is C11H15NO2. The molecule has 1 aromatic rings. The van der Waals surface area contributed by atoms with Gasteiger partial charge in [0.2, 0.25) is 0 Å². The molecule has 1 aliphatic heterocycles. The Morgan fingerprint density at radius 1 is 1.43 bits per heavy atom. The zero-order chi connectivity index (χ0) is 10.3. The molecule has 1 atom stereocenters. The van der Waals surface area contributed by atoms with E-state index in [4.69, 9.17) is 0 Å². The molecule has 0 aliphatic carbocycles. The first-order valence-corrected chi connectivity index (χ1v) is 4.77. The normalized spacial score (nSPS) is 22.1. The summed E-state index contributed by atoms with van der Waals surface area (Å²) in [6, 6.07) is 3.75. The first kappa shape index (κ1) is 9.49. The van der Waals surface area contributed by atoms with Crippen molar-refractivity contribution in [1.29, 1.82) is 0 Å². The number of hydrogen-bond acceptors (Lipinski definition) is 3. The second-order valence-electron chi connectivity index (χ2n) is 4.01. The number of aliphatic hydroxyl groups excluding tert-OH is 1. The van der Waals surface area contributed by atoms with E-state index in [0.29, 0.717) is 18.8 Å². The molecule has 0 fully saturated rings. The Hall–Kier alpha value is -1.06. The number of phenolic OH excluding ortho intramolecular Hbond substituents is 1. The van der Waals surface area contributed by atoms with Gasteiger partial charge < -0.3 is 10.2 Å². The number of likely N-dealkylation sites (N-methyl/N-ethyl adjacent to an activating group) is 1. The lowest BCUT2D eigenvalue weighted by Gasteiger charge is -2.30. The molecule has 2 rings (SSSR count). The zero-order valence-corrected chi connectivity index (χ0v) is 8.49. The van der Waals surface area contributed by atoms with Crippen LogP contribution in [0.2, 0.25) is 0 Å². The Labute approximate surface area is 83.6 Å². The molecule has 1 unspecified atom stereocenters. The standard InChI is InChI=1S/C11H15NO2/c1-7-3-4-8-9(11(7)14)5-12(2)6-10(8)13/h3-4,10,13-14H,5-6H2,1-2H3. The highest BCUT2D eigenvalue weighted by Gasteiger charge is 2.24. The minimum atomic E-state index is -0.477. The van der Waals surface area contributed by atoms with Crippen LogP contribution in [0.15, 0.2) is 12.1 Å². The van der Waals surface area contributed by atoms with E-state index in [-0.39, 0.29) is 0 Å². The Morgan fingerprint density at radius 3 is 2.86 bits per heavy atom. The van der Waals surface area contributed by atoms with E-state index in [1.165, 1.54) is 0 Å². The maximum Gasteiger partial charge on any atom is 0.123 e. The molecule has 3 heteroatoms. The molecule has 0 radical (unpaired) electrons. The van der Waals surface area contributed by atoms with Gasteiger partial charge in [-0.1, -0.05) is 12.1 Å². The molecule has 2 N–H and O–H groups in total. The van der Waals surface area contributed by atoms with Crippen LogP contribution in [0.25, 0.3) is 0 Å². The summed E-state index contributed by atoms with van der Waals surface area (Å²) in [5, 5.41) is 19.6. The van der Waals surface area contributed by atoms with Crippen molar-refractivity contribution >= 4 is 0 Å². The second kappa shape index (κ2) is 3.26. The number of nitrogens with zero attached hydrogens (tertiary/aromatic N) is 1. The van der Waals surface area contributed by atoms with Gasteiger partial charge in [0, 0.05) is 18.7 Å². The average Bonchev–Trinajstić information content (AvgIpc) is 2.12. The molecule has 76 valence electrons. The van der Waals surface area contributed by atoms with Crippen molar-refractivity contribution in [3.8, 4) is 5.75 Å². The van der Waals surface area contributed by atoms with Crippen molar-refractivity contribution in [2.24, 2.45) is 0 Å². The van der Waals surface area contributed by atoms with Gasteiger partial charge in [-0.05, 0) is 25.1 Å². The fourth-order valence-corrected chi connectivity index (χ4v) is 1.98. The topological polar surface area (TPSA) is 43.7 Å². The number of aromatic hydroxyl groups is 1. The highest BCUT2D eigenvalue weighted by molar-refractivity contribution is 5.46. The summed E-state index contributed by atoms with van der Waals surface area (Å²) >= 11 is 0. The van der Waals surface area contributed by atoms with Gasteiger partial charge in [0.25, 0.3) is 0 Å². The molecule has 1 aromatic carbocycles. The summed E-state index contributed by atoms with van der Waals surface area (Å²) in [4.78, 5) is 2.01. The number of hydrogen-bond donors (Lipinski definition) is 2. The minimum Gasteiger partial charge on any atom is -0.507 e. The van der Waals surface area contributed by atoms with Crippen LogP contribution in [0.5, 0.6) is 5.75 Å². The molecule has 0 aromatic heterocycles. The van der Waals surface area contributed by atoms with Crippen LogP contribution >= 0.6 is 0 Å². The summed E-state index contributed by atoms with van der Waals surface area (Å²) < 4.78 is 0. The summed E-state index contributed by atoms with van der Waals surface area (Å²) in [6.45, 7) is 3.21. The van der Waals surface area contributed by atoms with E-state index in [0.717, 1.165) is 16.7 Å². The fraction of sp³-hybridized carbons (Fsp3) is 0.455. The molecule has 0 saturated heterocycles. The lowest BCUT2D eigenvalue weighted by atomic mass is 9.95. The van der Waals surface area contributed by atoms with E-state index in [1.807, 2.05) is 31.0 Å². The molecular weight excluding hydrogens is 178 g/mol. The van der Waals surface area contributed by atoms with Crippen LogP contribution in [0.1, 0.15) is 22.8 Å². The Balaban J connectivity index is 2.54. The summed E-state index contributed by atoms with van der Waals surface area (Å²) in [5.41, 5.74) is 2.60. The Morgan fingerprint density at radius 2 is 2.14 bits per heavy atom. The summed E-state index contributed by atoms with van der Waals surface area (Å²) in [7, 11) is 1.94. The van der Waals surface area contributed by atoms with E-state index in [1.54, 1.807) is 0 Å². The van der Waals surface area contributed by atoms with Gasteiger partial charge in [0.15, 0.2) is 0 Å². The molecule has 0 amide bonds. The van der Waals surface area contributed by atoms with E-state index >= 15 is 0 Å². The first-order chi connectivity index (χ1) is 6.59. The van der Waals surface area contributed by atoms with Crippen molar-refractivity contribution in [3.63, 3.8) is 0 Å². The van der Waals surface area contributed by atoms with Crippen LogP contribution in [-0.4, -0.2) is 28.7 Å². The first-order valence-electron chi connectivity index (χ1n) is 4.77. The fourth-order valence-electron chi connectivity index (χ4n) is 1.98. The minimum absolute atomic E-state index is 0.327. The van der Waals surface area contributed by atoms with Crippen LogP contribution in [-0.2, 0) is 6.54 Å². The molecule has 1 heterocycles. The van der Waals surface area contributed by atoms with Gasteiger partial charge in [-0.2, -0.15) is 0 Å². The third-order valence-corrected chi connectivity index (χ3v) is 2.79. The largest absolute Gasteiger partial charge is 0.507 e. The summed E-state index contributed by atoms with van der Waals surface area (Å²) in [6.07, 6.45) is -0.477. The third-order valence-electron chi connectivity index (χ3n) is 2.79. The van der Waals surface area contributed by atoms with Crippen molar-refractivity contribution in [1.82, 2.24) is 4.90 Å². The highest BCUT2D eigenvalue weighted by Crippen LogP contribution is 2.33. The zero-order valence-electron chi connectivity index (χ0n) is 8.49. The van der Waals surface area contributed by atoms with Gasteiger partial charge in [0.1, 0.15) is 5.75 Å². The molecule has 0 saturated carbocycles. The van der Waals surface area contributed by atoms with Crippen LogP contribution in [0, 0.1) is 6.92 Å². The third kappa shape index (κ3) is 1.38. The van der Waals surface area contributed by atoms with E-state index in [2.05, 4.69) is 0 Å². The van der Waals surface area contributed by atoms with Crippen molar-refractivity contribution in [2.45, 2.75) is 19.6 Å². The second-order valence-corrected chi connectivity index (χ2v) is 4.01. The monoisotopic (exact) mass is 193 g/mol. The van der Waals surface area contributed by atoms with Crippen LogP contribution in [0.3, 0.4) is 0 Å². The predicted octanol–water partition coefficient (Wildman–Crippen LogP) is 1.18. The number of rotatable bonds is 0. The van der Waals surface area contributed by atoms with Gasteiger partial charge in [0.05, 0.1) is 6.10 Å². The number of phenols is 1. The molecule has 0 spiro atoms. The lowest BCUT2D eigenvalue weighted by molar-refractivity contribution is 0.106. The number of aryl methyl sites for hydroxylation is 1. The molecule has 3 nitrogen and oxygen atoms in total. The van der Waals surface area contributed by atoms with Crippen molar-refractivity contribution in [3.05, 3.63) is 28.8 Å². The predicted molar refractivity (Wildman–Crippen MR) is 54.1 cm³/mol. The SMILES string of the molecule is Cc1ccc2c(c1O)CN(C)CC2O. The number of β-amino-alcohol motifs (C(OH)–C–C–N with tert-alkyl or cyclic N) is 1. The van der Waals surface area contributed by atoms with Gasteiger partial charge in [-0.25, -0.2) is 0 Å².